The van der Waals surface area contributed by atoms with Crippen molar-refractivity contribution in [3.63, 3.8) is 0 Å². The summed E-state index contributed by atoms with van der Waals surface area (Å²) in [6, 6.07) is 9.44. The van der Waals surface area contributed by atoms with Crippen molar-refractivity contribution in [3.05, 3.63) is 46.0 Å². The van der Waals surface area contributed by atoms with E-state index in [-0.39, 0.29) is 11.8 Å². The zero-order valence-corrected chi connectivity index (χ0v) is 14.3. The van der Waals surface area contributed by atoms with Crippen LogP contribution < -0.4 is 0 Å². The first-order valence-electron chi connectivity index (χ1n) is 7.96. The van der Waals surface area contributed by atoms with Crippen molar-refractivity contribution < 1.29 is 4.79 Å². The molecule has 1 atom stereocenters. The maximum Gasteiger partial charge on any atom is 0.253 e. The number of nitrogens with zero attached hydrogens (tertiary/aromatic N) is 4. The Bertz CT molecular complexity index is 847. The molecule has 0 unspecified atom stereocenters. The van der Waals surface area contributed by atoms with Gasteiger partial charge in [0.05, 0.1) is 12.5 Å². The average molecular weight is 341 g/mol. The molecule has 0 radical (unpaired) electrons. The number of likely N-dealkylation sites (tertiary alicyclic amines) is 1. The Labute approximate surface area is 145 Å². The van der Waals surface area contributed by atoms with Crippen LogP contribution in [0.5, 0.6) is 0 Å². The van der Waals surface area contributed by atoms with E-state index in [2.05, 4.69) is 16.3 Å². The predicted molar refractivity (Wildman–Crippen MR) is 92.0 cm³/mol. The molecule has 1 fully saturated rings. The molecule has 124 valence electrons. The monoisotopic (exact) mass is 341 g/mol. The van der Waals surface area contributed by atoms with E-state index in [1.807, 2.05) is 40.8 Å². The number of hydrogen-bond donors (Lipinski definition) is 1. The third-order valence-corrected chi connectivity index (χ3v) is 4.81. The first-order valence-corrected chi connectivity index (χ1v) is 8.37. The molecule has 1 N–H and O–H groups in total. The Morgan fingerprint density at radius 1 is 1.54 bits per heavy atom. The molecule has 1 saturated heterocycles. The van der Waals surface area contributed by atoms with Crippen molar-refractivity contribution in [2.75, 3.05) is 13.1 Å². The summed E-state index contributed by atoms with van der Waals surface area (Å²) in [5, 5.41) is 15.9. The van der Waals surface area contributed by atoms with Crippen LogP contribution in [-0.4, -0.2) is 38.7 Å². The number of rotatable bonds is 3. The smallest absolute Gasteiger partial charge is 0.253 e. The number of H-pyrrole nitrogens is 1. The molecule has 1 aromatic carbocycles. The van der Waals surface area contributed by atoms with Gasteiger partial charge in [-0.3, -0.25) is 9.89 Å². The molecule has 2 heterocycles. The molecule has 24 heavy (non-hydrogen) atoms. The van der Waals surface area contributed by atoms with Crippen molar-refractivity contribution in [1.82, 2.24) is 19.7 Å². The second-order valence-electron chi connectivity index (χ2n) is 6.07. The van der Waals surface area contributed by atoms with Crippen LogP contribution in [0, 0.1) is 16.1 Å². The van der Waals surface area contributed by atoms with Crippen LogP contribution in [0.3, 0.4) is 0 Å². The third-order valence-electron chi connectivity index (χ3n) is 4.45. The fraction of sp³-hybridized carbons (Fsp3) is 0.412. The molecule has 1 amide bonds. The normalized spacial score (nSPS) is 17.5. The summed E-state index contributed by atoms with van der Waals surface area (Å²) in [7, 11) is 1.90. The number of aromatic amines is 1. The molecule has 1 aliphatic rings. The molecular weight excluding hydrogens is 322 g/mol. The first-order chi connectivity index (χ1) is 11.6. The van der Waals surface area contributed by atoms with Gasteiger partial charge in [-0.1, -0.05) is 12.1 Å². The van der Waals surface area contributed by atoms with E-state index in [4.69, 9.17) is 17.5 Å². The number of nitrogens with one attached hydrogen (secondary N) is 1. The molecule has 2 aromatic rings. The number of benzene rings is 1. The third kappa shape index (κ3) is 3.24. The highest BCUT2D eigenvalue weighted by Gasteiger charge is 2.28. The molecule has 0 bridgehead atoms. The number of piperidine rings is 1. The fourth-order valence-corrected chi connectivity index (χ4v) is 3.32. The van der Waals surface area contributed by atoms with Gasteiger partial charge in [-0.05, 0) is 42.8 Å². The molecule has 3 rings (SSSR count). The SMILES string of the molecule is Cn1c([C@@H]2CCCN(C(=O)c3cccc(CC#N)c3)C2)n[nH]c1=S. The van der Waals surface area contributed by atoms with Gasteiger partial charge in [0, 0.05) is 31.6 Å². The Hall–Kier alpha value is -2.46. The maximum atomic E-state index is 12.8. The molecule has 0 spiro atoms. The van der Waals surface area contributed by atoms with Gasteiger partial charge in [-0.2, -0.15) is 10.4 Å². The Morgan fingerprint density at radius 2 is 2.38 bits per heavy atom. The molecule has 1 aromatic heterocycles. The minimum absolute atomic E-state index is 0.0104. The van der Waals surface area contributed by atoms with Crippen molar-refractivity contribution >= 4 is 18.1 Å². The van der Waals surface area contributed by atoms with Crippen LogP contribution in [0.4, 0.5) is 0 Å². The highest BCUT2D eigenvalue weighted by molar-refractivity contribution is 7.71. The van der Waals surface area contributed by atoms with E-state index >= 15 is 0 Å². The highest BCUT2D eigenvalue weighted by atomic mass is 32.1. The number of carbonyl (C=O) groups is 1. The van der Waals surface area contributed by atoms with Crippen LogP contribution in [-0.2, 0) is 13.5 Å². The van der Waals surface area contributed by atoms with Gasteiger partial charge >= 0.3 is 0 Å². The van der Waals surface area contributed by atoms with Crippen LogP contribution in [0.15, 0.2) is 24.3 Å². The van der Waals surface area contributed by atoms with Gasteiger partial charge in [0.2, 0.25) is 0 Å². The van der Waals surface area contributed by atoms with Crippen molar-refractivity contribution in [2.45, 2.75) is 25.2 Å². The zero-order chi connectivity index (χ0) is 17.1. The molecule has 6 nitrogen and oxygen atoms in total. The predicted octanol–water partition coefficient (Wildman–Crippen LogP) is 2.56. The van der Waals surface area contributed by atoms with Gasteiger partial charge in [-0.15, -0.1) is 0 Å². The minimum Gasteiger partial charge on any atom is -0.338 e. The number of hydrogen-bond acceptors (Lipinski definition) is 4. The van der Waals surface area contributed by atoms with Crippen LogP contribution in [0.2, 0.25) is 0 Å². The minimum atomic E-state index is 0.0104. The van der Waals surface area contributed by atoms with Gasteiger partial charge in [-0.25, -0.2) is 0 Å². The summed E-state index contributed by atoms with van der Waals surface area (Å²) >= 11 is 5.18. The van der Waals surface area contributed by atoms with E-state index < -0.39 is 0 Å². The van der Waals surface area contributed by atoms with Gasteiger partial charge in [0.25, 0.3) is 5.91 Å². The second kappa shape index (κ2) is 6.97. The van der Waals surface area contributed by atoms with E-state index in [0.717, 1.165) is 30.8 Å². The van der Waals surface area contributed by atoms with Gasteiger partial charge < -0.3 is 9.47 Å². The Balaban J connectivity index is 1.78. The number of nitriles is 1. The molecular formula is C17H19N5OS. The average Bonchev–Trinajstić information content (AvgIpc) is 2.94. The summed E-state index contributed by atoms with van der Waals surface area (Å²) < 4.78 is 2.47. The summed E-state index contributed by atoms with van der Waals surface area (Å²) in [4.78, 5) is 14.7. The Kier molecular flexibility index (Phi) is 4.76. The van der Waals surface area contributed by atoms with E-state index in [9.17, 15) is 4.79 Å². The van der Waals surface area contributed by atoms with Crippen molar-refractivity contribution in [3.8, 4) is 6.07 Å². The van der Waals surface area contributed by atoms with Crippen molar-refractivity contribution in [1.29, 1.82) is 5.26 Å². The standard InChI is InChI=1S/C17H19N5OS/c1-21-15(19-20-17(21)24)14-6-3-9-22(11-14)16(23)13-5-2-4-12(10-13)7-8-18/h2,4-5,10,14H,3,6-7,9,11H2,1H3,(H,20,24)/t14-/m1/s1. The number of amides is 1. The van der Waals surface area contributed by atoms with Gasteiger partial charge in [0.1, 0.15) is 5.82 Å². The van der Waals surface area contributed by atoms with Crippen LogP contribution in [0.25, 0.3) is 0 Å². The van der Waals surface area contributed by atoms with Crippen LogP contribution in [0.1, 0.15) is 40.5 Å². The first kappa shape index (κ1) is 16.4. The quantitative estimate of drug-likeness (QED) is 0.871. The summed E-state index contributed by atoms with van der Waals surface area (Å²) in [5.41, 5.74) is 1.50. The summed E-state index contributed by atoms with van der Waals surface area (Å²) in [6.45, 7) is 1.38. The lowest BCUT2D eigenvalue weighted by molar-refractivity contribution is 0.0703. The molecule has 0 saturated carbocycles. The molecule has 7 heteroatoms. The fourth-order valence-electron chi connectivity index (χ4n) is 3.18. The van der Waals surface area contributed by atoms with E-state index in [1.54, 1.807) is 0 Å². The zero-order valence-electron chi connectivity index (χ0n) is 13.5. The van der Waals surface area contributed by atoms with Gasteiger partial charge in [0.15, 0.2) is 4.77 Å². The molecule has 0 aliphatic carbocycles. The molecule has 1 aliphatic heterocycles. The topological polar surface area (TPSA) is 77.7 Å². The maximum absolute atomic E-state index is 12.8. The van der Waals surface area contributed by atoms with Crippen LogP contribution >= 0.6 is 12.2 Å². The van der Waals surface area contributed by atoms with E-state index in [0.29, 0.717) is 23.3 Å². The van der Waals surface area contributed by atoms with E-state index in [1.165, 1.54) is 0 Å². The lowest BCUT2D eigenvalue weighted by Gasteiger charge is -2.32. The van der Waals surface area contributed by atoms with Crippen molar-refractivity contribution in [2.24, 2.45) is 7.05 Å². The largest absolute Gasteiger partial charge is 0.338 e. The number of carbonyl (C=O) groups excluding carboxylic acids is 1. The summed E-state index contributed by atoms with van der Waals surface area (Å²) in [6.07, 6.45) is 2.24. The highest BCUT2D eigenvalue weighted by Crippen LogP contribution is 2.26. The second-order valence-corrected chi connectivity index (χ2v) is 6.46. The lowest BCUT2D eigenvalue weighted by Crippen LogP contribution is -2.39. The Morgan fingerprint density at radius 3 is 3.08 bits per heavy atom. The number of aromatic nitrogens is 3. The summed E-state index contributed by atoms with van der Waals surface area (Å²) in [5.74, 6) is 1.09. The lowest BCUT2D eigenvalue weighted by atomic mass is 9.96.